The summed E-state index contributed by atoms with van der Waals surface area (Å²) >= 11 is 11.6. The monoisotopic (exact) mass is 745 g/mol. The highest BCUT2D eigenvalue weighted by Crippen LogP contribution is 2.44. The molecule has 0 radical (unpaired) electrons. The lowest BCUT2D eigenvalue weighted by Gasteiger charge is -2.29. The lowest BCUT2D eigenvalue weighted by molar-refractivity contribution is -0.113. The van der Waals surface area contributed by atoms with Crippen LogP contribution in [0.3, 0.4) is 0 Å². The molecule has 0 spiro atoms. The van der Waals surface area contributed by atoms with Crippen LogP contribution in [0.25, 0.3) is 0 Å². The van der Waals surface area contributed by atoms with Crippen LogP contribution in [-0.4, -0.2) is 34.9 Å². The largest absolute Gasteiger partial charge is 0.495 e. The Labute approximate surface area is 296 Å². The maximum absolute atomic E-state index is 14.2. The van der Waals surface area contributed by atoms with Crippen LogP contribution in [0.15, 0.2) is 106 Å². The maximum Gasteiger partial charge on any atom is 0.255 e. The fourth-order valence-electron chi connectivity index (χ4n) is 5.45. The molecule has 5 aromatic rings. The van der Waals surface area contributed by atoms with E-state index in [9.17, 15) is 4.79 Å². The number of fused-ring (bicyclic) bond motifs is 1. The van der Waals surface area contributed by atoms with Gasteiger partial charge < -0.3 is 24.8 Å². The molecule has 1 aromatic heterocycles. The minimum atomic E-state index is -0.672. The van der Waals surface area contributed by atoms with E-state index in [0.29, 0.717) is 67.2 Å². The van der Waals surface area contributed by atoms with E-state index in [1.165, 1.54) is 11.8 Å². The van der Waals surface area contributed by atoms with Gasteiger partial charge in [0.15, 0.2) is 11.5 Å². The van der Waals surface area contributed by atoms with E-state index >= 15 is 0 Å². The van der Waals surface area contributed by atoms with Crippen LogP contribution in [0.2, 0.25) is 5.02 Å². The summed E-state index contributed by atoms with van der Waals surface area (Å²) in [6.45, 7) is 4.26. The Morgan fingerprint density at radius 3 is 2.44 bits per heavy atom. The summed E-state index contributed by atoms with van der Waals surface area (Å²) in [6, 6.07) is 26.2. The Kier molecular flexibility index (Phi) is 10.3. The standard InChI is InChI=1S/C36H33BrClN5O4S/c1-21-11-5-6-12-23(21)19-47-33-26(37)17-25(18-30(33)46-4)32-31(34(44)40-28-15-9-10-16-29(28)45-3)22(2)39-35-41-36(42-43(32)35)48-20-24-13-7-8-14-27(24)38/h5-18,32H,19-20H2,1-4H3,(H,40,44)(H,39,41,42). The van der Waals surface area contributed by atoms with Crippen molar-refractivity contribution in [3.05, 3.63) is 128 Å². The molecule has 1 aliphatic rings. The van der Waals surface area contributed by atoms with Gasteiger partial charge in [0.1, 0.15) is 18.4 Å². The third kappa shape index (κ3) is 7.03. The lowest BCUT2D eigenvalue weighted by atomic mass is 9.94. The Balaban J connectivity index is 1.39. The first-order valence-corrected chi connectivity index (χ1v) is 17.2. The number of allylic oxidation sites excluding steroid dienone is 1. The molecule has 246 valence electrons. The molecule has 0 aliphatic carbocycles. The number of para-hydroxylation sites is 2. The number of carbonyl (C=O) groups is 1. The van der Waals surface area contributed by atoms with Gasteiger partial charge >= 0.3 is 0 Å². The first-order chi connectivity index (χ1) is 23.3. The Morgan fingerprint density at radius 2 is 1.69 bits per heavy atom. The molecule has 0 bridgehead atoms. The molecule has 1 unspecified atom stereocenters. The molecule has 48 heavy (non-hydrogen) atoms. The number of hydrogen-bond donors (Lipinski definition) is 2. The number of benzene rings is 4. The second kappa shape index (κ2) is 14.8. The molecule has 6 rings (SSSR count). The molecule has 1 amide bonds. The van der Waals surface area contributed by atoms with Gasteiger partial charge in [0.05, 0.1) is 30.0 Å². The van der Waals surface area contributed by atoms with Gasteiger partial charge in [-0.15, -0.1) is 5.10 Å². The van der Waals surface area contributed by atoms with Crippen LogP contribution >= 0.6 is 39.3 Å². The Hall–Kier alpha value is -4.45. The first kappa shape index (κ1) is 33.5. The van der Waals surface area contributed by atoms with Gasteiger partial charge in [-0.3, -0.25) is 4.79 Å². The summed E-state index contributed by atoms with van der Waals surface area (Å²) in [6.07, 6.45) is 0. The number of aryl methyl sites for hydroxylation is 1. The zero-order valence-electron chi connectivity index (χ0n) is 26.7. The number of nitrogens with zero attached hydrogens (tertiary/aromatic N) is 3. The highest BCUT2D eigenvalue weighted by Gasteiger charge is 2.36. The van der Waals surface area contributed by atoms with E-state index in [1.807, 2.05) is 86.6 Å². The highest BCUT2D eigenvalue weighted by molar-refractivity contribution is 9.10. The van der Waals surface area contributed by atoms with Crippen molar-refractivity contribution in [2.24, 2.45) is 0 Å². The predicted octanol–water partition coefficient (Wildman–Crippen LogP) is 8.82. The van der Waals surface area contributed by atoms with Gasteiger partial charge in [-0.05, 0) is 82.4 Å². The van der Waals surface area contributed by atoms with Crippen LogP contribution in [0.5, 0.6) is 17.2 Å². The van der Waals surface area contributed by atoms with Crippen molar-refractivity contribution >= 4 is 56.8 Å². The lowest BCUT2D eigenvalue weighted by Crippen LogP contribution is -2.31. The number of nitrogens with one attached hydrogen (secondary N) is 2. The van der Waals surface area contributed by atoms with Crippen molar-refractivity contribution in [2.75, 3.05) is 24.9 Å². The number of carbonyl (C=O) groups excluding carboxylic acids is 1. The van der Waals surface area contributed by atoms with E-state index in [1.54, 1.807) is 31.0 Å². The topological polar surface area (TPSA) is 99.5 Å². The normalized spacial score (nSPS) is 13.8. The van der Waals surface area contributed by atoms with Crippen molar-refractivity contribution in [1.29, 1.82) is 0 Å². The fraction of sp³-hybridized carbons (Fsp3) is 0.194. The van der Waals surface area contributed by atoms with Crippen LogP contribution in [-0.2, 0) is 17.2 Å². The summed E-state index contributed by atoms with van der Waals surface area (Å²) in [5.74, 6) is 2.35. The number of aromatic nitrogens is 3. The second-order valence-electron chi connectivity index (χ2n) is 11.0. The van der Waals surface area contributed by atoms with Gasteiger partial charge in [-0.25, -0.2) is 4.68 Å². The van der Waals surface area contributed by atoms with Gasteiger partial charge in [0.2, 0.25) is 11.1 Å². The van der Waals surface area contributed by atoms with Crippen molar-refractivity contribution in [2.45, 2.75) is 37.4 Å². The van der Waals surface area contributed by atoms with Crippen molar-refractivity contribution < 1.29 is 19.0 Å². The zero-order chi connectivity index (χ0) is 33.8. The number of halogens is 2. The van der Waals surface area contributed by atoms with Gasteiger partial charge in [0, 0.05) is 16.5 Å². The van der Waals surface area contributed by atoms with E-state index in [0.717, 1.165) is 22.3 Å². The minimum Gasteiger partial charge on any atom is -0.495 e. The molecular formula is C36H33BrClN5O4S. The third-order valence-corrected chi connectivity index (χ3v) is 9.79. The smallest absolute Gasteiger partial charge is 0.255 e. The van der Waals surface area contributed by atoms with Gasteiger partial charge in [0.25, 0.3) is 5.91 Å². The van der Waals surface area contributed by atoms with E-state index in [4.69, 9.17) is 35.9 Å². The van der Waals surface area contributed by atoms with Crippen molar-refractivity contribution in [1.82, 2.24) is 14.8 Å². The molecule has 1 atom stereocenters. The Bertz CT molecular complexity index is 2020. The number of hydrogen-bond acceptors (Lipinski definition) is 8. The molecule has 4 aromatic carbocycles. The van der Waals surface area contributed by atoms with Gasteiger partial charge in [-0.1, -0.05) is 78.0 Å². The highest BCUT2D eigenvalue weighted by atomic mass is 79.9. The maximum atomic E-state index is 14.2. The van der Waals surface area contributed by atoms with Crippen LogP contribution in [0.4, 0.5) is 11.6 Å². The molecule has 2 N–H and O–H groups in total. The number of anilines is 2. The first-order valence-electron chi connectivity index (χ1n) is 15.1. The molecule has 0 fully saturated rings. The summed E-state index contributed by atoms with van der Waals surface area (Å²) in [4.78, 5) is 19.0. The van der Waals surface area contributed by atoms with Gasteiger partial charge in [-0.2, -0.15) is 4.98 Å². The molecule has 9 nitrogen and oxygen atoms in total. The number of ether oxygens (including phenoxy) is 3. The van der Waals surface area contributed by atoms with E-state index in [-0.39, 0.29) is 5.91 Å². The number of amides is 1. The predicted molar refractivity (Wildman–Crippen MR) is 193 cm³/mol. The van der Waals surface area contributed by atoms with E-state index in [2.05, 4.69) is 26.6 Å². The third-order valence-electron chi connectivity index (χ3n) is 7.95. The fourth-order valence-corrected chi connectivity index (χ4v) is 7.14. The summed E-state index contributed by atoms with van der Waals surface area (Å²) in [5.41, 5.74) is 5.53. The number of rotatable bonds is 11. The quantitative estimate of drug-likeness (QED) is 0.130. The van der Waals surface area contributed by atoms with Crippen LogP contribution < -0.4 is 24.8 Å². The molecule has 2 heterocycles. The second-order valence-corrected chi connectivity index (χ2v) is 13.2. The molecule has 1 aliphatic heterocycles. The summed E-state index contributed by atoms with van der Waals surface area (Å²) in [5, 5.41) is 12.4. The van der Waals surface area contributed by atoms with Crippen molar-refractivity contribution in [3.8, 4) is 17.2 Å². The Morgan fingerprint density at radius 1 is 0.979 bits per heavy atom. The number of thioether (sulfide) groups is 1. The SMILES string of the molecule is COc1ccccc1NC(=O)C1=C(C)Nc2nc(SCc3ccccc3Cl)nn2C1c1cc(Br)c(OCc2ccccc2C)c(OC)c1. The zero-order valence-corrected chi connectivity index (χ0v) is 29.9. The summed E-state index contributed by atoms with van der Waals surface area (Å²) < 4.78 is 20.0. The van der Waals surface area contributed by atoms with E-state index < -0.39 is 6.04 Å². The summed E-state index contributed by atoms with van der Waals surface area (Å²) in [7, 11) is 3.16. The average molecular weight is 747 g/mol. The van der Waals surface area contributed by atoms with Crippen LogP contribution in [0.1, 0.15) is 35.2 Å². The van der Waals surface area contributed by atoms with Crippen LogP contribution in [0, 0.1) is 6.92 Å². The minimum absolute atomic E-state index is 0.323. The average Bonchev–Trinajstić information content (AvgIpc) is 3.49. The molecule has 12 heteroatoms. The number of methoxy groups -OCH3 is 2. The molecule has 0 saturated heterocycles. The molecular weight excluding hydrogens is 714 g/mol. The van der Waals surface area contributed by atoms with Crippen molar-refractivity contribution in [3.63, 3.8) is 0 Å². The molecule has 0 saturated carbocycles.